The molecule has 1 rings (SSSR count). The van der Waals surface area contributed by atoms with Crippen LogP contribution in [0.3, 0.4) is 0 Å². The molecule has 0 aliphatic heterocycles. The third-order valence-corrected chi connectivity index (χ3v) is 1.95. The lowest BCUT2D eigenvalue weighted by Crippen LogP contribution is -2.41. The molecule has 14 heavy (non-hydrogen) atoms. The second-order valence-electron chi connectivity index (χ2n) is 2.84. The van der Waals surface area contributed by atoms with Gasteiger partial charge in [-0.2, -0.15) is 0 Å². The standard InChI is InChI=1S/C9H12ClN3O/c10-6-1-3-7(4-2-6)13-9(14)8(12)5-11/h1-4,8H,5,11-12H2,(H,13,14)/t8-/m1/s1. The number of rotatable bonds is 3. The van der Waals surface area contributed by atoms with Crippen molar-refractivity contribution in [1.82, 2.24) is 0 Å². The molecule has 0 aliphatic carbocycles. The zero-order valence-electron chi connectivity index (χ0n) is 7.53. The maximum Gasteiger partial charge on any atom is 0.242 e. The van der Waals surface area contributed by atoms with E-state index in [-0.39, 0.29) is 12.5 Å². The van der Waals surface area contributed by atoms with Crippen molar-refractivity contribution < 1.29 is 4.79 Å². The van der Waals surface area contributed by atoms with Crippen LogP contribution in [0.15, 0.2) is 24.3 Å². The van der Waals surface area contributed by atoms with E-state index in [1.54, 1.807) is 24.3 Å². The number of benzene rings is 1. The fourth-order valence-corrected chi connectivity index (χ4v) is 1.00. The fraction of sp³-hybridized carbons (Fsp3) is 0.222. The predicted molar refractivity (Wildman–Crippen MR) is 57.1 cm³/mol. The van der Waals surface area contributed by atoms with Crippen molar-refractivity contribution in [1.29, 1.82) is 0 Å². The van der Waals surface area contributed by atoms with E-state index in [1.165, 1.54) is 0 Å². The third kappa shape index (κ3) is 2.99. The molecule has 76 valence electrons. The minimum atomic E-state index is -0.675. The number of carbonyl (C=O) groups is 1. The second kappa shape index (κ2) is 4.95. The molecule has 0 heterocycles. The summed E-state index contributed by atoms with van der Waals surface area (Å²) in [5.74, 6) is -0.296. The van der Waals surface area contributed by atoms with E-state index in [0.717, 1.165) is 0 Å². The van der Waals surface area contributed by atoms with Crippen LogP contribution in [0.1, 0.15) is 0 Å². The van der Waals surface area contributed by atoms with Gasteiger partial charge in [-0.1, -0.05) is 11.6 Å². The van der Waals surface area contributed by atoms with Crippen LogP contribution < -0.4 is 16.8 Å². The van der Waals surface area contributed by atoms with Crippen molar-refractivity contribution >= 4 is 23.2 Å². The number of nitrogens with two attached hydrogens (primary N) is 2. The van der Waals surface area contributed by atoms with E-state index in [2.05, 4.69) is 5.32 Å². The minimum Gasteiger partial charge on any atom is -0.328 e. The van der Waals surface area contributed by atoms with E-state index >= 15 is 0 Å². The van der Waals surface area contributed by atoms with Gasteiger partial charge in [-0.25, -0.2) is 0 Å². The Hall–Kier alpha value is -1.10. The Balaban J connectivity index is 2.60. The molecule has 0 unspecified atom stereocenters. The van der Waals surface area contributed by atoms with E-state index in [4.69, 9.17) is 23.1 Å². The van der Waals surface area contributed by atoms with Crippen LogP contribution in [0.25, 0.3) is 0 Å². The minimum absolute atomic E-state index is 0.124. The van der Waals surface area contributed by atoms with E-state index < -0.39 is 6.04 Å². The number of hydrogen-bond acceptors (Lipinski definition) is 3. The van der Waals surface area contributed by atoms with Gasteiger partial charge in [-0.05, 0) is 24.3 Å². The third-order valence-electron chi connectivity index (χ3n) is 1.70. The summed E-state index contributed by atoms with van der Waals surface area (Å²) in [4.78, 5) is 11.3. The summed E-state index contributed by atoms with van der Waals surface area (Å²) >= 11 is 5.68. The number of carbonyl (C=O) groups excluding carboxylic acids is 1. The highest BCUT2D eigenvalue weighted by atomic mass is 35.5. The van der Waals surface area contributed by atoms with Crippen molar-refractivity contribution in [3.8, 4) is 0 Å². The Bertz CT molecular complexity index is 312. The zero-order chi connectivity index (χ0) is 10.6. The first kappa shape index (κ1) is 11.0. The van der Waals surface area contributed by atoms with Gasteiger partial charge in [0, 0.05) is 17.3 Å². The van der Waals surface area contributed by atoms with Gasteiger partial charge in [0.2, 0.25) is 5.91 Å². The molecule has 4 nitrogen and oxygen atoms in total. The van der Waals surface area contributed by atoms with Gasteiger partial charge in [0.05, 0.1) is 6.04 Å². The molecule has 1 aromatic rings. The first-order chi connectivity index (χ1) is 6.63. The Kier molecular flexibility index (Phi) is 3.88. The molecule has 0 fully saturated rings. The number of nitrogens with one attached hydrogen (secondary N) is 1. The quantitative estimate of drug-likeness (QED) is 0.687. The highest BCUT2D eigenvalue weighted by Gasteiger charge is 2.10. The summed E-state index contributed by atoms with van der Waals surface area (Å²) in [6.45, 7) is 0.124. The molecule has 0 spiro atoms. The molecule has 5 N–H and O–H groups in total. The Morgan fingerprint density at radius 1 is 1.43 bits per heavy atom. The summed E-state index contributed by atoms with van der Waals surface area (Å²) in [5, 5.41) is 3.23. The lowest BCUT2D eigenvalue weighted by molar-refractivity contribution is -0.117. The molecule has 0 radical (unpaired) electrons. The van der Waals surface area contributed by atoms with Crippen LogP contribution in [0.5, 0.6) is 0 Å². The van der Waals surface area contributed by atoms with Crippen molar-refractivity contribution in [3.63, 3.8) is 0 Å². The van der Waals surface area contributed by atoms with Crippen LogP contribution in [0.4, 0.5) is 5.69 Å². The van der Waals surface area contributed by atoms with Crippen LogP contribution in [0.2, 0.25) is 5.02 Å². The Morgan fingerprint density at radius 2 is 2.00 bits per heavy atom. The molecule has 1 aromatic carbocycles. The van der Waals surface area contributed by atoms with Gasteiger partial charge >= 0.3 is 0 Å². The first-order valence-electron chi connectivity index (χ1n) is 4.15. The SMILES string of the molecule is NC[C@@H](N)C(=O)Nc1ccc(Cl)cc1. The summed E-state index contributed by atoms with van der Waals surface area (Å²) in [6.07, 6.45) is 0. The van der Waals surface area contributed by atoms with E-state index in [0.29, 0.717) is 10.7 Å². The van der Waals surface area contributed by atoms with Crippen molar-refractivity contribution in [2.75, 3.05) is 11.9 Å². The largest absolute Gasteiger partial charge is 0.328 e. The normalized spacial score (nSPS) is 12.2. The number of halogens is 1. The average molecular weight is 214 g/mol. The van der Waals surface area contributed by atoms with Gasteiger partial charge in [0.1, 0.15) is 0 Å². The van der Waals surface area contributed by atoms with Crippen molar-refractivity contribution in [2.24, 2.45) is 11.5 Å². The van der Waals surface area contributed by atoms with Gasteiger partial charge in [0.25, 0.3) is 0 Å². The van der Waals surface area contributed by atoms with Gasteiger partial charge in [-0.15, -0.1) is 0 Å². The monoisotopic (exact) mass is 213 g/mol. The smallest absolute Gasteiger partial charge is 0.242 e. The number of anilines is 1. The molecule has 5 heteroatoms. The lowest BCUT2D eigenvalue weighted by atomic mass is 10.2. The molecule has 0 saturated carbocycles. The molecule has 0 aliphatic rings. The molecule has 1 atom stereocenters. The summed E-state index contributed by atoms with van der Waals surface area (Å²) in [5.41, 5.74) is 11.3. The first-order valence-corrected chi connectivity index (χ1v) is 4.53. The van der Waals surface area contributed by atoms with Gasteiger partial charge in [-0.3, -0.25) is 4.79 Å². The Labute approximate surface area is 87.2 Å². The maximum atomic E-state index is 11.3. The maximum absolute atomic E-state index is 11.3. The molecule has 0 saturated heterocycles. The second-order valence-corrected chi connectivity index (χ2v) is 3.27. The molecular weight excluding hydrogens is 202 g/mol. The van der Waals surface area contributed by atoms with Gasteiger partial charge in [0.15, 0.2) is 0 Å². The highest BCUT2D eigenvalue weighted by Crippen LogP contribution is 2.13. The summed E-state index contributed by atoms with van der Waals surface area (Å²) in [6, 6.07) is 6.09. The predicted octanol–water partition coefficient (Wildman–Crippen LogP) is 0.565. The van der Waals surface area contributed by atoms with Crippen molar-refractivity contribution in [3.05, 3.63) is 29.3 Å². The van der Waals surface area contributed by atoms with E-state index in [9.17, 15) is 4.79 Å². The molecule has 1 amide bonds. The lowest BCUT2D eigenvalue weighted by Gasteiger charge is -2.09. The average Bonchev–Trinajstić information content (AvgIpc) is 2.20. The van der Waals surface area contributed by atoms with Gasteiger partial charge < -0.3 is 16.8 Å². The van der Waals surface area contributed by atoms with Crippen LogP contribution in [-0.2, 0) is 4.79 Å². The van der Waals surface area contributed by atoms with Crippen LogP contribution >= 0.6 is 11.6 Å². The van der Waals surface area contributed by atoms with Crippen LogP contribution in [0, 0.1) is 0 Å². The number of amides is 1. The zero-order valence-corrected chi connectivity index (χ0v) is 8.29. The highest BCUT2D eigenvalue weighted by molar-refractivity contribution is 6.30. The molecule has 0 bridgehead atoms. The summed E-state index contributed by atoms with van der Waals surface area (Å²) < 4.78 is 0. The fourth-order valence-electron chi connectivity index (χ4n) is 0.875. The topological polar surface area (TPSA) is 81.1 Å². The van der Waals surface area contributed by atoms with E-state index in [1.807, 2.05) is 0 Å². The van der Waals surface area contributed by atoms with Crippen molar-refractivity contribution in [2.45, 2.75) is 6.04 Å². The Morgan fingerprint density at radius 3 is 2.50 bits per heavy atom. The van der Waals surface area contributed by atoms with Crippen LogP contribution in [-0.4, -0.2) is 18.5 Å². The molecular formula is C9H12ClN3O. The summed E-state index contributed by atoms with van der Waals surface area (Å²) in [7, 11) is 0. The number of hydrogen-bond donors (Lipinski definition) is 3. The molecule has 0 aromatic heterocycles.